The Morgan fingerprint density at radius 1 is 1.47 bits per heavy atom. The molecule has 2 heterocycles. The van der Waals surface area contributed by atoms with E-state index in [0.29, 0.717) is 23.3 Å². The van der Waals surface area contributed by atoms with Crippen molar-refractivity contribution < 1.29 is 9.90 Å². The molecule has 0 bridgehead atoms. The summed E-state index contributed by atoms with van der Waals surface area (Å²) in [6.07, 6.45) is 1.57. The van der Waals surface area contributed by atoms with Crippen molar-refractivity contribution in [2.75, 3.05) is 25.5 Å². The summed E-state index contributed by atoms with van der Waals surface area (Å²) in [4.78, 5) is 22.1. The molecule has 2 aromatic rings. The van der Waals surface area contributed by atoms with Crippen molar-refractivity contribution in [3.8, 4) is 5.75 Å². The zero-order valence-electron chi connectivity index (χ0n) is 11.1. The van der Waals surface area contributed by atoms with Crippen LogP contribution in [-0.4, -0.2) is 41.6 Å². The predicted molar refractivity (Wildman–Crippen MR) is 73.5 cm³/mol. The molecule has 0 radical (unpaired) electrons. The van der Waals surface area contributed by atoms with E-state index in [1.807, 2.05) is 20.2 Å². The lowest BCUT2D eigenvalue weighted by atomic mass is 10.2. The van der Waals surface area contributed by atoms with Crippen LogP contribution in [0.2, 0.25) is 0 Å². The summed E-state index contributed by atoms with van der Waals surface area (Å²) in [6, 6.07) is 3.58. The van der Waals surface area contributed by atoms with E-state index in [-0.39, 0.29) is 11.4 Å². The molecule has 2 aromatic heterocycles. The molecular formula is C13H16N4O2. The van der Waals surface area contributed by atoms with Gasteiger partial charge in [0.25, 0.3) is 5.91 Å². The van der Waals surface area contributed by atoms with Gasteiger partial charge < -0.3 is 15.3 Å². The average molecular weight is 260 g/mol. The van der Waals surface area contributed by atoms with Crippen LogP contribution in [-0.2, 0) is 0 Å². The van der Waals surface area contributed by atoms with Crippen molar-refractivity contribution in [2.24, 2.45) is 0 Å². The zero-order valence-corrected chi connectivity index (χ0v) is 11.1. The van der Waals surface area contributed by atoms with E-state index in [0.717, 1.165) is 0 Å². The van der Waals surface area contributed by atoms with Crippen LogP contribution in [0.25, 0.3) is 10.9 Å². The van der Waals surface area contributed by atoms with Gasteiger partial charge in [-0.3, -0.25) is 9.78 Å². The van der Waals surface area contributed by atoms with E-state index in [9.17, 15) is 9.90 Å². The Morgan fingerprint density at radius 2 is 2.21 bits per heavy atom. The molecule has 0 aliphatic rings. The average Bonchev–Trinajstić information content (AvgIpc) is 2.39. The van der Waals surface area contributed by atoms with Gasteiger partial charge in [0.2, 0.25) is 0 Å². The lowest BCUT2D eigenvalue weighted by molar-refractivity contribution is 0.0948. The summed E-state index contributed by atoms with van der Waals surface area (Å²) in [5, 5.41) is 13.5. The normalized spacial score (nSPS) is 10.5. The van der Waals surface area contributed by atoms with Crippen molar-refractivity contribution in [2.45, 2.75) is 6.92 Å². The first-order valence-electron chi connectivity index (χ1n) is 5.99. The lowest BCUT2D eigenvalue weighted by Crippen LogP contribution is -2.25. The number of fused-ring (bicyclic) bond motifs is 1. The number of aromatic hydroxyl groups is 1. The summed E-state index contributed by atoms with van der Waals surface area (Å²) in [5.41, 5.74) is 0.374. The van der Waals surface area contributed by atoms with Gasteiger partial charge in [0.1, 0.15) is 11.3 Å². The highest BCUT2D eigenvalue weighted by Gasteiger charge is 2.20. The summed E-state index contributed by atoms with van der Waals surface area (Å²) in [6.45, 7) is 2.28. The van der Waals surface area contributed by atoms with E-state index in [1.165, 1.54) is 0 Å². The van der Waals surface area contributed by atoms with Gasteiger partial charge in [-0.15, -0.1) is 0 Å². The quantitative estimate of drug-likeness (QED) is 0.865. The van der Waals surface area contributed by atoms with E-state index < -0.39 is 5.91 Å². The number of carbonyl (C=O) groups excluding carboxylic acids is 1. The fourth-order valence-corrected chi connectivity index (χ4v) is 1.85. The van der Waals surface area contributed by atoms with Gasteiger partial charge in [-0.05, 0) is 19.1 Å². The minimum Gasteiger partial charge on any atom is -0.504 e. The number of aromatic nitrogens is 2. The maximum absolute atomic E-state index is 11.9. The molecule has 0 aliphatic heterocycles. The molecule has 1 amide bonds. The Labute approximate surface area is 111 Å². The molecule has 100 valence electrons. The molecule has 0 fully saturated rings. The number of rotatable bonds is 3. The molecule has 6 nitrogen and oxygen atoms in total. The lowest BCUT2D eigenvalue weighted by Gasteiger charge is -2.16. The topological polar surface area (TPSA) is 78.4 Å². The minimum absolute atomic E-state index is 0.00301. The Kier molecular flexibility index (Phi) is 3.50. The van der Waals surface area contributed by atoms with Crippen molar-refractivity contribution in [1.29, 1.82) is 0 Å². The maximum Gasteiger partial charge on any atom is 0.273 e. The second-order valence-electron chi connectivity index (χ2n) is 4.29. The van der Waals surface area contributed by atoms with Crippen LogP contribution in [0, 0.1) is 0 Å². The van der Waals surface area contributed by atoms with Crippen LogP contribution in [0.4, 0.5) is 5.82 Å². The first kappa shape index (κ1) is 13.1. The van der Waals surface area contributed by atoms with E-state index >= 15 is 0 Å². The van der Waals surface area contributed by atoms with Crippen LogP contribution < -0.4 is 10.2 Å². The Balaban J connectivity index is 2.73. The highest BCUT2D eigenvalue weighted by Crippen LogP contribution is 2.31. The van der Waals surface area contributed by atoms with E-state index in [2.05, 4.69) is 15.3 Å². The van der Waals surface area contributed by atoms with Crippen molar-refractivity contribution in [3.63, 3.8) is 0 Å². The summed E-state index contributed by atoms with van der Waals surface area (Å²) < 4.78 is 0. The van der Waals surface area contributed by atoms with Gasteiger partial charge in [-0.25, -0.2) is 4.98 Å². The number of hydrogen-bond donors (Lipinski definition) is 2. The molecule has 0 atom stereocenters. The number of carbonyl (C=O) groups is 1. The highest BCUT2D eigenvalue weighted by molar-refractivity contribution is 6.03. The molecule has 0 spiro atoms. The van der Waals surface area contributed by atoms with Crippen LogP contribution >= 0.6 is 0 Å². The summed E-state index contributed by atoms with van der Waals surface area (Å²) in [7, 11) is 3.65. The van der Waals surface area contributed by atoms with E-state index in [4.69, 9.17) is 0 Å². The number of nitrogens with one attached hydrogen (secondary N) is 1. The molecular weight excluding hydrogens is 244 g/mol. The van der Waals surface area contributed by atoms with Gasteiger partial charge in [0.05, 0.1) is 0 Å². The van der Waals surface area contributed by atoms with Crippen LogP contribution in [0.5, 0.6) is 5.75 Å². The first-order valence-corrected chi connectivity index (χ1v) is 5.99. The second-order valence-corrected chi connectivity index (χ2v) is 4.29. The summed E-state index contributed by atoms with van der Waals surface area (Å²) >= 11 is 0. The number of pyridine rings is 2. The number of nitrogens with zero attached hydrogens (tertiary/aromatic N) is 3. The molecule has 0 aliphatic carbocycles. The van der Waals surface area contributed by atoms with Crippen LogP contribution in [0.1, 0.15) is 17.4 Å². The number of hydrogen-bond acceptors (Lipinski definition) is 5. The zero-order chi connectivity index (χ0) is 14.0. The first-order chi connectivity index (χ1) is 9.06. The van der Waals surface area contributed by atoms with Crippen molar-refractivity contribution in [1.82, 2.24) is 15.3 Å². The molecule has 0 saturated heterocycles. The third kappa shape index (κ3) is 2.29. The molecule has 0 aromatic carbocycles. The van der Waals surface area contributed by atoms with Gasteiger partial charge >= 0.3 is 0 Å². The second kappa shape index (κ2) is 5.09. The SMILES string of the molecule is CCNC(=O)c1nc(N(C)C)c2cccnc2c1O. The third-order valence-electron chi connectivity index (χ3n) is 2.69. The van der Waals surface area contributed by atoms with E-state index in [1.54, 1.807) is 24.1 Å². The predicted octanol–water partition coefficient (Wildman–Crippen LogP) is 1.15. The maximum atomic E-state index is 11.9. The van der Waals surface area contributed by atoms with Crippen LogP contribution in [0.3, 0.4) is 0 Å². The molecule has 19 heavy (non-hydrogen) atoms. The Hall–Kier alpha value is -2.37. The van der Waals surface area contributed by atoms with Crippen LogP contribution in [0.15, 0.2) is 18.3 Å². The monoisotopic (exact) mass is 260 g/mol. The van der Waals surface area contributed by atoms with Gasteiger partial charge in [0.15, 0.2) is 11.4 Å². The summed E-state index contributed by atoms with van der Waals surface area (Å²) in [5.74, 6) is 0.00459. The minimum atomic E-state index is -0.407. The number of anilines is 1. The molecule has 2 rings (SSSR count). The fraction of sp³-hybridized carbons (Fsp3) is 0.308. The van der Waals surface area contributed by atoms with Gasteiger partial charge in [-0.2, -0.15) is 0 Å². The number of amides is 1. The smallest absolute Gasteiger partial charge is 0.273 e. The van der Waals surface area contributed by atoms with Gasteiger partial charge in [0, 0.05) is 32.2 Å². The molecule has 0 saturated carbocycles. The standard InChI is InChI=1S/C13H16N4O2/c1-4-14-13(19)10-11(18)9-8(6-5-7-15-9)12(16-10)17(2)3/h5-7,18H,4H2,1-3H3,(H,14,19). The Bertz CT molecular complexity index is 625. The fourth-order valence-electron chi connectivity index (χ4n) is 1.85. The Morgan fingerprint density at radius 3 is 2.84 bits per heavy atom. The van der Waals surface area contributed by atoms with Crippen molar-refractivity contribution in [3.05, 3.63) is 24.0 Å². The third-order valence-corrected chi connectivity index (χ3v) is 2.69. The van der Waals surface area contributed by atoms with Crippen molar-refractivity contribution >= 4 is 22.6 Å². The molecule has 6 heteroatoms. The molecule has 0 unspecified atom stereocenters. The largest absolute Gasteiger partial charge is 0.504 e. The van der Waals surface area contributed by atoms with Gasteiger partial charge in [-0.1, -0.05) is 0 Å². The highest BCUT2D eigenvalue weighted by atomic mass is 16.3. The molecule has 2 N–H and O–H groups in total.